The fraction of sp³-hybridized carbons (Fsp3) is 1.00. The first-order valence-electron chi connectivity index (χ1n) is 6.06. The highest BCUT2D eigenvalue weighted by atomic mass is 32.2. The molecule has 0 aromatic rings. The molecular formula is C11H23NO2S. The smallest absolute Gasteiger partial charge is 0.154 e. The van der Waals surface area contributed by atoms with Crippen molar-refractivity contribution in [1.82, 2.24) is 5.32 Å². The third-order valence-electron chi connectivity index (χ3n) is 3.16. The molecule has 3 nitrogen and oxygen atoms in total. The maximum absolute atomic E-state index is 12.0. The molecule has 1 fully saturated rings. The molecule has 0 spiro atoms. The molecule has 0 aliphatic heterocycles. The van der Waals surface area contributed by atoms with Crippen LogP contribution in [0.2, 0.25) is 0 Å². The van der Waals surface area contributed by atoms with Gasteiger partial charge >= 0.3 is 0 Å². The van der Waals surface area contributed by atoms with Crippen molar-refractivity contribution in [3.63, 3.8) is 0 Å². The Bertz CT molecular complexity index is 274. The number of sulfone groups is 1. The first kappa shape index (κ1) is 13.0. The van der Waals surface area contributed by atoms with Crippen molar-refractivity contribution in [1.29, 1.82) is 0 Å². The van der Waals surface area contributed by atoms with Crippen molar-refractivity contribution in [2.75, 3.05) is 12.3 Å². The van der Waals surface area contributed by atoms with Crippen LogP contribution in [0.1, 0.15) is 46.0 Å². The fourth-order valence-electron chi connectivity index (χ4n) is 2.35. The van der Waals surface area contributed by atoms with E-state index in [2.05, 4.69) is 5.32 Å². The number of rotatable bonds is 6. The number of nitrogens with one attached hydrogen (secondary N) is 1. The lowest BCUT2D eigenvalue weighted by Gasteiger charge is -2.20. The van der Waals surface area contributed by atoms with E-state index in [0.717, 1.165) is 38.6 Å². The molecule has 0 aromatic heterocycles. The van der Waals surface area contributed by atoms with E-state index >= 15 is 0 Å². The van der Waals surface area contributed by atoms with Crippen molar-refractivity contribution in [2.45, 2.75) is 57.2 Å². The maximum Gasteiger partial charge on any atom is 0.154 e. The number of hydrogen-bond acceptors (Lipinski definition) is 3. The Labute approximate surface area is 93.6 Å². The van der Waals surface area contributed by atoms with Crippen LogP contribution in [0.4, 0.5) is 0 Å². The maximum atomic E-state index is 12.0. The largest absolute Gasteiger partial charge is 0.313 e. The third kappa shape index (κ3) is 3.45. The summed E-state index contributed by atoms with van der Waals surface area (Å²) in [6, 6.07) is 0.205. The molecule has 0 radical (unpaired) electrons. The zero-order valence-electron chi connectivity index (χ0n) is 9.83. The summed E-state index contributed by atoms with van der Waals surface area (Å²) in [7, 11) is -2.86. The van der Waals surface area contributed by atoms with Gasteiger partial charge in [0.1, 0.15) is 0 Å². The first-order chi connectivity index (χ1) is 7.11. The summed E-state index contributed by atoms with van der Waals surface area (Å²) >= 11 is 0. The summed E-state index contributed by atoms with van der Waals surface area (Å²) in [5, 5.41) is 3.18. The summed E-state index contributed by atoms with van der Waals surface area (Å²) in [4.78, 5) is 0. The topological polar surface area (TPSA) is 46.2 Å². The Morgan fingerprint density at radius 2 is 2.00 bits per heavy atom. The van der Waals surface area contributed by atoms with E-state index in [1.165, 1.54) is 0 Å². The van der Waals surface area contributed by atoms with Gasteiger partial charge in [0.25, 0.3) is 0 Å². The van der Waals surface area contributed by atoms with Gasteiger partial charge in [0.15, 0.2) is 9.84 Å². The monoisotopic (exact) mass is 233 g/mol. The van der Waals surface area contributed by atoms with Crippen molar-refractivity contribution in [2.24, 2.45) is 0 Å². The van der Waals surface area contributed by atoms with Gasteiger partial charge in [0, 0.05) is 6.04 Å². The van der Waals surface area contributed by atoms with E-state index in [1.54, 1.807) is 0 Å². The van der Waals surface area contributed by atoms with Gasteiger partial charge in [-0.25, -0.2) is 8.42 Å². The minimum absolute atomic E-state index is 0.121. The summed E-state index contributed by atoms with van der Waals surface area (Å²) in [6.07, 6.45) is 4.68. The van der Waals surface area contributed by atoms with E-state index < -0.39 is 9.84 Å². The second kappa shape index (κ2) is 5.85. The van der Waals surface area contributed by atoms with Crippen LogP contribution in [0.5, 0.6) is 0 Å². The van der Waals surface area contributed by atoms with Crippen LogP contribution in [0.25, 0.3) is 0 Å². The fourth-order valence-corrected chi connectivity index (χ4v) is 4.60. The quantitative estimate of drug-likeness (QED) is 0.760. The molecule has 1 N–H and O–H groups in total. The molecule has 1 aliphatic rings. The van der Waals surface area contributed by atoms with Gasteiger partial charge in [0.05, 0.1) is 11.0 Å². The van der Waals surface area contributed by atoms with Crippen LogP contribution in [-0.4, -0.2) is 32.0 Å². The SMILES string of the molecule is CCCCS(=O)(=O)C1CCCC1NCC. The lowest BCUT2D eigenvalue weighted by atomic mass is 10.2. The van der Waals surface area contributed by atoms with Crippen molar-refractivity contribution in [3.8, 4) is 0 Å². The highest BCUT2D eigenvalue weighted by molar-refractivity contribution is 7.92. The van der Waals surface area contributed by atoms with Crippen LogP contribution >= 0.6 is 0 Å². The predicted molar refractivity (Wildman–Crippen MR) is 63.8 cm³/mol. The predicted octanol–water partition coefficient (Wildman–Crippen LogP) is 1.73. The van der Waals surface area contributed by atoms with Crippen LogP contribution in [0.15, 0.2) is 0 Å². The average molecular weight is 233 g/mol. The molecule has 1 rings (SSSR count). The zero-order valence-corrected chi connectivity index (χ0v) is 10.6. The molecule has 0 heterocycles. The molecule has 90 valence electrons. The molecule has 0 saturated heterocycles. The Kier molecular flexibility index (Phi) is 5.06. The number of hydrogen-bond donors (Lipinski definition) is 1. The van der Waals surface area contributed by atoms with Gasteiger partial charge in [-0.2, -0.15) is 0 Å². The van der Waals surface area contributed by atoms with Crippen LogP contribution in [0, 0.1) is 0 Å². The standard InChI is InChI=1S/C11H23NO2S/c1-3-5-9-15(13,14)11-8-6-7-10(11)12-4-2/h10-12H,3-9H2,1-2H3. The Balaban J connectivity index is 2.60. The molecule has 15 heavy (non-hydrogen) atoms. The lowest BCUT2D eigenvalue weighted by Crippen LogP contribution is -2.41. The van der Waals surface area contributed by atoms with Crippen molar-refractivity contribution < 1.29 is 8.42 Å². The highest BCUT2D eigenvalue weighted by Crippen LogP contribution is 2.26. The highest BCUT2D eigenvalue weighted by Gasteiger charge is 2.36. The average Bonchev–Trinajstić information content (AvgIpc) is 2.64. The molecule has 0 amide bonds. The van der Waals surface area contributed by atoms with E-state index in [1.807, 2.05) is 13.8 Å². The van der Waals surface area contributed by atoms with Gasteiger partial charge in [-0.05, 0) is 25.8 Å². The van der Waals surface area contributed by atoms with Gasteiger partial charge in [-0.15, -0.1) is 0 Å². The Morgan fingerprint density at radius 1 is 1.27 bits per heavy atom. The summed E-state index contributed by atoms with van der Waals surface area (Å²) in [5.74, 6) is 0.371. The van der Waals surface area contributed by atoms with Gasteiger partial charge in [0.2, 0.25) is 0 Å². The van der Waals surface area contributed by atoms with E-state index in [9.17, 15) is 8.42 Å². The van der Waals surface area contributed by atoms with Gasteiger partial charge < -0.3 is 5.32 Å². The Morgan fingerprint density at radius 3 is 2.60 bits per heavy atom. The van der Waals surface area contributed by atoms with Crippen LogP contribution in [-0.2, 0) is 9.84 Å². The molecule has 0 bridgehead atoms. The lowest BCUT2D eigenvalue weighted by molar-refractivity contribution is 0.516. The van der Waals surface area contributed by atoms with E-state index in [4.69, 9.17) is 0 Å². The third-order valence-corrected chi connectivity index (χ3v) is 5.51. The molecule has 0 aromatic carbocycles. The van der Waals surface area contributed by atoms with E-state index in [0.29, 0.717) is 5.75 Å². The number of unbranched alkanes of at least 4 members (excludes halogenated alkanes) is 1. The van der Waals surface area contributed by atoms with E-state index in [-0.39, 0.29) is 11.3 Å². The molecule has 2 unspecified atom stereocenters. The minimum atomic E-state index is -2.86. The molecule has 4 heteroatoms. The zero-order chi connectivity index (χ0) is 11.3. The second-order valence-electron chi connectivity index (χ2n) is 4.35. The molecule has 1 saturated carbocycles. The van der Waals surface area contributed by atoms with Crippen molar-refractivity contribution >= 4 is 9.84 Å². The minimum Gasteiger partial charge on any atom is -0.313 e. The first-order valence-corrected chi connectivity index (χ1v) is 7.78. The molecule has 1 aliphatic carbocycles. The summed E-state index contributed by atoms with van der Waals surface area (Å²) in [5.41, 5.74) is 0. The summed E-state index contributed by atoms with van der Waals surface area (Å²) < 4.78 is 24.1. The van der Waals surface area contributed by atoms with Gasteiger partial charge in [-0.3, -0.25) is 0 Å². The normalized spacial score (nSPS) is 27.1. The molecule has 2 atom stereocenters. The van der Waals surface area contributed by atoms with Crippen molar-refractivity contribution in [3.05, 3.63) is 0 Å². The van der Waals surface area contributed by atoms with Crippen LogP contribution < -0.4 is 5.32 Å². The molecular weight excluding hydrogens is 210 g/mol. The second-order valence-corrected chi connectivity index (χ2v) is 6.69. The summed E-state index contributed by atoms with van der Waals surface area (Å²) in [6.45, 7) is 4.93. The Hall–Kier alpha value is -0.0900. The van der Waals surface area contributed by atoms with Crippen LogP contribution in [0.3, 0.4) is 0 Å². The van der Waals surface area contributed by atoms with Gasteiger partial charge in [-0.1, -0.05) is 26.7 Å².